The van der Waals surface area contributed by atoms with Crippen LogP contribution in [0, 0.1) is 27.7 Å². The van der Waals surface area contributed by atoms with Crippen molar-refractivity contribution in [3.05, 3.63) is 184 Å². The third kappa shape index (κ3) is 22.9. The molecule has 0 radical (unpaired) electrons. The minimum Gasteiger partial charge on any atom is -0.483 e. The number of nitrogens with zero attached hydrogens (tertiary/aromatic N) is 14. The van der Waals surface area contributed by atoms with Crippen LogP contribution in [0.1, 0.15) is 220 Å². The van der Waals surface area contributed by atoms with Gasteiger partial charge >= 0.3 is 5.97 Å². The maximum atomic E-state index is 13.8. The van der Waals surface area contributed by atoms with E-state index in [0.717, 1.165) is 129 Å². The predicted molar refractivity (Wildman–Crippen MR) is 501 cm³/mol. The monoisotopic (exact) mass is 1920 g/mol. The second-order valence-electron chi connectivity index (χ2n) is 34.0. The van der Waals surface area contributed by atoms with Gasteiger partial charge in [-0.05, 0) is 159 Å². The Morgan fingerprint density at radius 2 is 0.852 bits per heavy atom. The number of carbonyl (C=O) groups is 14. The molecule has 4 atom stereocenters. The summed E-state index contributed by atoms with van der Waals surface area (Å²) in [5, 5.41) is 48.9. The molecule has 2 unspecified atom stereocenters. The second-order valence-corrected chi connectivity index (χ2v) is 36.8. The van der Waals surface area contributed by atoms with Gasteiger partial charge in [0.2, 0.25) is 35.4 Å². The first-order chi connectivity index (χ1) is 64.9. The fourth-order valence-electron chi connectivity index (χ4n) is 17.1. The number of amides is 13. The summed E-state index contributed by atoms with van der Waals surface area (Å²) in [5.74, 6) is -4.96. The van der Waals surface area contributed by atoms with Gasteiger partial charge in [0, 0.05) is 130 Å². The molecule has 38 nitrogen and oxygen atoms in total. The molecule has 135 heavy (non-hydrogen) atoms. The van der Waals surface area contributed by atoms with Gasteiger partial charge in [-0.2, -0.15) is 0 Å². The summed E-state index contributed by atoms with van der Waals surface area (Å²) in [7, 11) is 4.27. The zero-order valence-electron chi connectivity index (χ0n) is 75.9. The lowest BCUT2D eigenvalue weighted by Gasteiger charge is -2.32. The van der Waals surface area contributed by atoms with Crippen LogP contribution in [0.15, 0.2) is 94.9 Å². The second kappa shape index (κ2) is 44.6. The summed E-state index contributed by atoms with van der Waals surface area (Å²) in [6, 6.07) is 20.1. The van der Waals surface area contributed by atoms with Crippen molar-refractivity contribution in [2.24, 2.45) is 9.98 Å². The summed E-state index contributed by atoms with van der Waals surface area (Å²) in [6.45, 7) is 21.2. The fraction of sp³-hybridized carbons (Fsp3) is 0.441. The number of imide groups is 4. The van der Waals surface area contributed by atoms with Crippen molar-refractivity contribution in [2.45, 2.75) is 142 Å². The third-order valence-corrected chi connectivity index (χ3v) is 27.5. The molecular formula is C93H107Cl2N21O17S2. The number of likely N-dealkylation sites (N-methyl/N-ethyl adjacent to an activating group) is 2. The van der Waals surface area contributed by atoms with Gasteiger partial charge in [0.05, 0.1) is 51.4 Å². The van der Waals surface area contributed by atoms with Crippen molar-refractivity contribution >= 4 is 140 Å². The number of aromatic carboxylic acids is 1. The van der Waals surface area contributed by atoms with Crippen LogP contribution in [0.25, 0.3) is 10.0 Å². The highest BCUT2D eigenvalue weighted by atomic mass is 35.5. The lowest BCUT2D eigenvalue weighted by molar-refractivity contribution is -0.137. The smallest absolute Gasteiger partial charge is 0.346 e. The number of nitrogens with one attached hydrogen (secondary N) is 7. The van der Waals surface area contributed by atoms with E-state index in [2.05, 4.69) is 98.2 Å². The van der Waals surface area contributed by atoms with Crippen molar-refractivity contribution in [2.75, 3.05) is 125 Å². The lowest BCUT2D eigenvalue weighted by Crippen LogP contribution is -2.54. The first-order valence-electron chi connectivity index (χ1n) is 45.1. The molecule has 12 heterocycles. The Kier molecular flexibility index (Phi) is 32.5. The van der Waals surface area contributed by atoms with Crippen molar-refractivity contribution in [1.82, 2.24) is 96.1 Å². The molecule has 0 spiro atoms. The summed E-state index contributed by atoms with van der Waals surface area (Å²) in [4.78, 5) is 199. The van der Waals surface area contributed by atoms with E-state index in [1.807, 2.05) is 54.2 Å². The molecule has 0 aliphatic carbocycles. The van der Waals surface area contributed by atoms with Crippen molar-refractivity contribution in [1.29, 1.82) is 0 Å². The number of hydrogen-bond donors (Lipinski definition) is 8. The summed E-state index contributed by atoms with van der Waals surface area (Å²) >= 11 is 14.9. The van der Waals surface area contributed by atoms with E-state index in [9.17, 15) is 72.2 Å². The normalized spacial score (nSPS) is 18.2. The molecule has 8 aliphatic heterocycles. The number of halogens is 2. The molecule has 13 amide bonds. The topological polar surface area (TPSA) is 467 Å². The van der Waals surface area contributed by atoms with E-state index in [1.165, 1.54) is 53.0 Å². The maximum Gasteiger partial charge on any atom is 0.346 e. The molecule has 4 aromatic heterocycles. The minimum absolute atomic E-state index is 0.00752. The number of piperidine rings is 2. The number of piperazine rings is 2. The van der Waals surface area contributed by atoms with Crippen LogP contribution in [0.3, 0.4) is 0 Å². The van der Waals surface area contributed by atoms with E-state index < -0.39 is 89.9 Å². The largest absolute Gasteiger partial charge is 0.483 e. The zero-order valence-corrected chi connectivity index (χ0v) is 79.1. The Balaban J connectivity index is 0.000000180. The molecule has 4 aromatic carbocycles. The number of rotatable bonds is 33. The highest BCUT2D eigenvalue weighted by Crippen LogP contribution is 2.44. The molecule has 4 fully saturated rings. The number of ether oxygens (including phenoxy) is 2. The number of aromatic nitrogens is 6. The molecule has 8 aromatic rings. The first kappa shape index (κ1) is 98.3. The van der Waals surface area contributed by atoms with E-state index in [0.29, 0.717) is 110 Å². The van der Waals surface area contributed by atoms with E-state index >= 15 is 0 Å². The van der Waals surface area contributed by atoms with Gasteiger partial charge in [0.25, 0.3) is 41.4 Å². The number of fused-ring (bicyclic) bond motifs is 8. The number of thiophene rings is 2. The molecule has 712 valence electrons. The minimum atomic E-state index is -1.13. The van der Waals surface area contributed by atoms with Gasteiger partial charge in [-0.1, -0.05) is 79.4 Å². The third-order valence-electron chi connectivity index (χ3n) is 24.4. The number of carboxylic acid groups (broad SMARTS) is 1. The number of unbranched alkanes of at least 4 members (excludes halogenated alkanes) is 3. The highest BCUT2D eigenvalue weighted by molar-refractivity contribution is 7.17. The van der Waals surface area contributed by atoms with Crippen LogP contribution in [0.2, 0.25) is 10.0 Å². The number of benzene rings is 4. The number of carboxylic acids is 1. The Bertz CT molecular complexity index is 5970. The van der Waals surface area contributed by atoms with E-state index in [1.54, 1.807) is 37.3 Å². The van der Waals surface area contributed by atoms with Crippen molar-refractivity contribution < 1.29 is 81.7 Å². The van der Waals surface area contributed by atoms with E-state index in [4.69, 9.17) is 42.7 Å². The van der Waals surface area contributed by atoms with Crippen LogP contribution in [-0.2, 0) is 38.4 Å². The first-order valence-corrected chi connectivity index (χ1v) is 47.5. The molecule has 8 aliphatic rings. The van der Waals surface area contributed by atoms with Gasteiger partial charge in [-0.3, -0.25) is 102 Å². The van der Waals surface area contributed by atoms with Gasteiger partial charge in [0.15, 0.2) is 24.9 Å². The lowest BCUT2D eigenvalue weighted by atomic mass is 9.99. The molecular weight excluding hydrogens is 1820 g/mol. The quantitative estimate of drug-likeness (QED) is 0.0154. The number of aliphatic imine (C=N–C) groups is 2. The van der Waals surface area contributed by atoms with Crippen molar-refractivity contribution in [3.63, 3.8) is 0 Å². The van der Waals surface area contributed by atoms with Crippen LogP contribution in [0.4, 0.5) is 0 Å². The van der Waals surface area contributed by atoms with Crippen LogP contribution >= 0.6 is 45.9 Å². The van der Waals surface area contributed by atoms with Gasteiger partial charge in [0.1, 0.15) is 62.2 Å². The van der Waals surface area contributed by atoms with E-state index in [-0.39, 0.29) is 114 Å². The zero-order chi connectivity index (χ0) is 96.0. The number of hydrogen-bond acceptors (Lipinski definition) is 28. The molecule has 4 saturated heterocycles. The van der Waals surface area contributed by atoms with Gasteiger partial charge < -0.3 is 60.8 Å². The molecule has 8 N–H and O–H groups in total. The number of aryl methyl sites for hydroxylation is 2. The Labute approximate surface area is 796 Å². The molecule has 0 saturated carbocycles. The SMILES string of the molecule is CCCCCNC(=O)COc1cccc2c1C(=O)N(C1CCC(=O)NC1=O)C2=O.Cc1c(C(=O)NCCCCNC(=O)COc2cccc3c2C(=O)N(C2CCC(=O)NC2=O)C3=O)sc2c1C(c1ccc(Cl)cc1)=N[C@@H](CC(=O)NCCCN1CCN(C)CC1)c1nnc(C)n1-2.Cc1c(C(=O)O)sc2c1C(c1ccc(Cl)cc1)=N[C@H](CC(=O)NCCCN1CCN(C)CC1)c1nnc(C)n1-2. The average molecular weight is 1930 g/mol. The highest BCUT2D eigenvalue weighted by Gasteiger charge is 2.49. The van der Waals surface area contributed by atoms with Crippen LogP contribution in [-0.4, -0.2) is 296 Å². The fourth-order valence-corrected chi connectivity index (χ4v) is 19.9. The predicted octanol–water partition coefficient (Wildman–Crippen LogP) is 6.85. The molecule has 16 rings (SSSR count). The Morgan fingerprint density at radius 3 is 1.26 bits per heavy atom. The molecule has 42 heteroatoms. The van der Waals surface area contributed by atoms with Crippen LogP contribution in [0.5, 0.6) is 11.5 Å². The average Bonchev–Trinajstić information content (AvgIpc) is 1.61. The number of carbonyl (C=O) groups excluding carboxylic acids is 13. The van der Waals surface area contributed by atoms with Gasteiger partial charge in [-0.15, -0.1) is 43.1 Å². The standard InChI is InChI=1S/C46H52ClN11O8S.C27H32ClN7O3S.C20H23N3O6/c1-26-37-39(28-10-12-29(47)13-11-28)51-31(24-35(60)48-18-7-19-56-22-20-55(3)21-23-56)41-54-53-27(2)57(41)46(37)67-40(26)43(63)50-17-5-4-16-49-36(61)25-66-33-9-6-8-30-38(33)45(65)58(44(30)64)32-14-15-34(59)52-42(32)62;1-16-22-23(18-5-7-19(28)8-6-18)30-20(15-21(36)29-9-4-10-34-13-11-33(3)12-14-34)25-32-31-17(2)35(25)26(22)39-24(16)27(37)38;1-2-3-4-10-21-16(25)11-29-14-7-5-6-12-17(14)20(28)23(19(12)27)13-8-9-15(24)22-18(13)26/h6,8-13,31-32H,4-5,7,14-25H2,1-3H3,(H,48,60)(H,49,61)(H,50,63)(H,52,59,62);5-8,20H,4,9-15H2,1-3H3,(H,29,36)(H,37,38);5-7,13H,2-4,8-11H2,1H3,(H,21,25)(H,22,24,26)/t31-,32?;20-;/m01./s1. The molecule has 0 bridgehead atoms. The van der Waals surface area contributed by atoms with Crippen LogP contribution < -0.4 is 46.7 Å². The maximum absolute atomic E-state index is 13.8. The van der Waals surface area contributed by atoms with Crippen molar-refractivity contribution in [3.8, 4) is 21.5 Å². The Hall–Kier alpha value is -12.7. The summed E-state index contributed by atoms with van der Waals surface area (Å²) in [5.41, 5.74) is 5.70. The summed E-state index contributed by atoms with van der Waals surface area (Å²) < 4.78 is 14.9. The van der Waals surface area contributed by atoms with Gasteiger partial charge in [-0.25, -0.2) is 4.79 Å². The summed E-state index contributed by atoms with van der Waals surface area (Å²) in [6.07, 6.45) is 6.01. The Morgan fingerprint density at radius 1 is 0.467 bits per heavy atom.